The van der Waals surface area contributed by atoms with Crippen molar-refractivity contribution in [3.8, 4) is 0 Å². The van der Waals surface area contributed by atoms with Gasteiger partial charge in [0.2, 0.25) is 0 Å². The van der Waals surface area contributed by atoms with Crippen molar-refractivity contribution in [3.63, 3.8) is 0 Å². The molecule has 4 nitrogen and oxygen atoms in total. The summed E-state index contributed by atoms with van der Waals surface area (Å²) in [5, 5.41) is 10.3. The van der Waals surface area contributed by atoms with E-state index in [0.717, 1.165) is 6.07 Å². The highest BCUT2D eigenvalue weighted by Crippen LogP contribution is 2.29. The third-order valence-electron chi connectivity index (χ3n) is 1.30. The van der Waals surface area contributed by atoms with E-state index >= 15 is 0 Å². The molecule has 64 valence electrons. The summed E-state index contributed by atoms with van der Waals surface area (Å²) in [6.45, 7) is 0. The van der Waals surface area contributed by atoms with Crippen LogP contribution >= 0.6 is 22.6 Å². The Morgan fingerprint density at radius 3 is 2.58 bits per heavy atom. The summed E-state index contributed by atoms with van der Waals surface area (Å²) in [6.07, 6.45) is 0. The summed E-state index contributed by atoms with van der Waals surface area (Å²) in [5.74, 6) is -0.762. The first-order chi connectivity index (χ1) is 5.54. The minimum atomic E-state index is -0.762. The number of nitrogen functional groups attached to an aromatic ring is 1. The highest BCUT2D eigenvalue weighted by atomic mass is 127. The Morgan fingerprint density at radius 2 is 2.17 bits per heavy atom. The lowest BCUT2D eigenvalue weighted by molar-refractivity contribution is -0.385. The van der Waals surface area contributed by atoms with Crippen molar-refractivity contribution < 1.29 is 9.31 Å². The van der Waals surface area contributed by atoms with Gasteiger partial charge in [-0.2, -0.15) is 0 Å². The SMILES string of the molecule is Nc1c(F)ccc(I)c1[N+](=O)[O-]. The number of hydrogen-bond donors (Lipinski definition) is 1. The van der Waals surface area contributed by atoms with E-state index in [1.54, 1.807) is 22.6 Å². The predicted octanol–water partition coefficient (Wildman–Crippen LogP) is 1.92. The first-order valence-corrected chi connectivity index (χ1v) is 3.99. The van der Waals surface area contributed by atoms with Crippen LogP contribution < -0.4 is 5.73 Å². The van der Waals surface area contributed by atoms with E-state index in [1.807, 2.05) is 0 Å². The Kier molecular flexibility index (Phi) is 2.46. The molecule has 0 aliphatic carbocycles. The molecule has 0 atom stereocenters. The van der Waals surface area contributed by atoms with Gasteiger partial charge >= 0.3 is 5.69 Å². The Morgan fingerprint density at radius 1 is 1.58 bits per heavy atom. The van der Waals surface area contributed by atoms with E-state index in [0.29, 0.717) is 3.57 Å². The summed E-state index contributed by atoms with van der Waals surface area (Å²) in [5.41, 5.74) is 4.39. The highest BCUT2D eigenvalue weighted by molar-refractivity contribution is 14.1. The van der Waals surface area contributed by atoms with Crippen molar-refractivity contribution in [3.05, 3.63) is 31.6 Å². The second-order valence-corrected chi connectivity index (χ2v) is 3.21. The van der Waals surface area contributed by atoms with Crippen molar-refractivity contribution in [1.29, 1.82) is 0 Å². The quantitative estimate of drug-likeness (QED) is 0.370. The van der Waals surface area contributed by atoms with Gasteiger partial charge in [0.25, 0.3) is 0 Å². The molecule has 0 aliphatic rings. The third kappa shape index (κ3) is 1.47. The fourth-order valence-electron chi connectivity index (χ4n) is 0.742. The van der Waals surface area contributed by atoms with Gasteiger partial charge in [0.1, 0.15) is 5.69 Å². The Balaban J connectivity index is 3.43. The zero-order valence-electron chi connectivity index (χ0n) is 5.75. The first-order valence-electron chi connectivity index (χ1n) is 2.92. The molecule has 0 spiro atoms. The van der Waals surface area contributed by atoms with Gasteiger partial charge in [-0.3, -0.25) is 10.1 Å². The van der Waals surface area contributed by atoms with Crippen molar-refractivity contribution in [2.24, 2.45) is 0 Å². The molecule has 6 heteroatoms. The van der Waals surface area contributed by atoms with Gasteiger partial charge in [-0.05, 0) is 34.7 Å². The molecule has 0 saturated heterocycles. The van der Waals surface area contributed by atoms with Crippen LogP contribution in [0.4, 0.5) is 15.8 Å². The predicted molar refractivity (Wildman–Crippen MR) is 50.2 cm³/mol. The highest BCUT2D eigenvalue weighted by Gasteiger charge is 2.19. The van der Waals surface area contributed by atoms with Crippen LogP contribution in [0.1, 0.15) is 0 Å². The molecule has 0 unspecified atom stereocenters. The van der Waals surface area contributed by atoms with Crippen LogP contribution in [0.2, 0.25) is 0 Å². The Hall–Kier alpha value is -0.920. The fourth-order valence-corrected chi connectivity index (χ4v) is 1.41. The molecule has 0 radical (unpaired) electrons. The molecule has 1 aromatic carbocycles. The smallest absolute Gasteiger partial charge is 0.308 e. The number of nitrogens with two attached hydrogens (primary N) is 1. The van der Waals surface area contributed by atoms with Crippen molar-refractivity contribution in [2.45, 2.75) is 0 Å². The summed E-state index contributed by atoms with van der Waals surface area (Å²) in [4.78, 5) is 9.65. The molecular formula is C6H4FIN2O2. The topological polar surface area (TPSA) is 69.2 Å². The van der Waals surface area contributed by atoms with Crippen LogP contribution in [-0.4, -0.2) is 4.92 Å². The average molecular weight is 282 g/mol. The van der Waals surface area contributed by atoms with Crippen molar-refractivity contribution >= 4 is 34.0 Å². The molecule has 0 heterocycles. The number of benzene rings is 1. The van der Waals surface area contributed by atoms with Crippen LogP contribution in [0.3, 0.4) is 0 Å². The molecule has 0 aliphatic heterocycles. The second kappa shape index (κ2) is 3.21. The molecule has 12 heavy (non-hydrogen) atoms. The maximum absolute atomic E-state index is 12.7. The minimum absolute atomic E-state index is 0.330. The van der Waals surface area contributed by atoms with Gasteiger partial charge in [-0.1, -0.05) is 0 Å². The van der Waals surface area contributed by atoms with Crippen LogP contribution in [0.5, 0.6) is 0 Å². The molecule has 0 amide bonds. The van der Waals surface area contributed by atoms with Crippen molar-refractivity contribution in [2.75, 3.05) is 5.73 Å². The van der Waals surface area contributed by atoms with E-state index < -0.39 is 16.4 Å². The number of halogens is 2. The van der Waals surface area contributed by atoms with Crippen LogP contribution in [0.25, 0.3) is 0 Å². The lowest BCUT2D eigenvalue weighted by Gasteiger charge is -1.99. The summed E-state index contributed by atoms with van der Waals surface area (Å²) < 4.78 is 13.0. The number of nitro benzene ring substituents is 1. The molecule has 1 rings (SSSR count). The summed E-state index contributed by atoms with van der Waals surface area (Å²) in [7, 11) is 0. The molecular weight excluding hydrogens is 278 g/mol. The van der Waals surface area contributed by atoms with Gasteiger partial charge in [0.05, 0.1) is 8.49 Å². The molecule has 2 N–H and O–H groups in total. The zero-order valence-corrected chi connectivity index (χ0v) is 7.91. The molecule has 1 aromatic rings. The fraction of sp³-hybridized carbons (Fsp3) is 0. The van der Waals surface area contributed by atoms with Gasteiger partial charge in [-0.25, -0.2) is 4.39 Å². The number of anilines is 1. The van der Waals surface area contributed by atoms with Crippen LogP contribution in [0.15, 0.2) is 12.1 Å². The van der Waals surface area contributed by atoms with E-state index in [1.165, 1.54) is 6.07 Å². The van der Waals surface area contributed by atoms with Crippen LogP contribution in [0, 0.1) is 19.5 Å². The van der Waals surface area contributed by atoms with Gasteiger partial charge in [0.15, 0.2) is 5.82 Å². The Bertz CT molecular complexity index is 343. The number of rotatable bonds is 1. The first kappa shape index (κ1) is 9.17. The van der Waals surface area contributed by atoms with E-state index in [2.05, 4.69) is 0 Å². The monoisotopic (exact) mass is 282 g/mol. The molecule has 0 fully saturated rings. The summed E-state index contributed by atoms with van der Waals surface area (Å²) in [6, 6.07) is 2.41. The van der Waals surface area contributed by atoms with Crippen molar-refractivity contribution in [1.82, 2.24) is 0 Å². The zero-order chi connectivity index (χ0) is 9.30. The molecule has 0 aromatic heterocycles. The average Bonchev–Trinajstić information content (AvgIpc) is 1.97. The van der Waals surface area contributed by atoms with Gasteiger partial charge in [-0.15, -0.1) is 0 Å². The normalized spacial score (nSPS) is 9.83. The maximum Gasteiger partial charge on any atom is 0.308 e. The number of nitro groups is 1. The lowest BCUT2D eigenvalue weighted by Crippen LogP contribution is -2.00. The van der Waals surface area contributed by atoms with Gasteiger partial charge < -0.3 is 5.73 Å². The largest absolute Gasteiger partial charge is 0.391 e. The van der Waals surface area contributed by atoms with E-state index in [-0.39, 0.29) is 5.69 Å². The third-order valence-corrected chi connectivity index (χ3v) is 2.17. The summed E-state index contributed by atoms with van der Waals surface area (Å²) >= 11 is 1.73. The molecule has 0 bridgehead atoms. The van der Waals surface area contributed by atoms with Crippen LogP contribution in [-0.2, 0) is 0 Å². The lowest BCUT2D eigenvalue weighted by atomic mass is 10.2. The molecule has 0 saturated carbocycles. The maximum atomic E-state index is 12.7. The standard InChI is InChI=1S/C6H4FIN2O2/c7-3-1-2-4(8)6(5(3)9)10(11)12/h1-2H,9H2. The minimum Gasteiger partial charge on any atom is -0.391 e. The second-order valence-electron chi connectivity index (χ2n) is 2.05. The number of hydrogen-bond acceptors (Lipinski definition) is 3. The van der Waals surface area contributed by atoms with E-state index in [4.69, 9.17) is 5.73 Å². The Labute approximate surface area is 80.9 Å². The van der Waals surface area contributed by atoms with Gasteiger partial charge in [0, 0.05) is 0 Å². The van der Waals surface area contributed by atoms with E-state index in [9.17, 15) is 14.5 Å². The number of nitrogens with zero attached hydrogens (tertiary/aromatic N) is 1.